The number of hydrogen-bond acceptors (Lipinski definition) is 4. The molecule has 108 valence electrons. The minimum atomic E-state index is -0.559. The molecule has 0 aliphatic rings. The fourth-order valence-corrected chi connectivity index (χ4v) is 2.79. The second kappa shape index (κ2) is 7.18. The standard InChI is InChI=1S/C15H19ClN2OS/c1-3-14-18-13(9-20-14)8-17-10(2)15(19)11-4-6-12(16)7-5-11/h4-7,9-10,15,17,19H,3,8H2,1-2H3. The van der Waals surface area contributed by atoms with Crippen LogP contribution in [0.15, 0.2) is 29.6 Å². The smallest absolute Gasteiger partial charge is 0.0940 e. The second-order valence-corrected chi connectivity index (χ2v) is 6.13. The third-order valence-electron chi connectivity index (χ3n) is 3.19. The molecule has 0 aliphatic heterocycles. The van der Waals surface area contributed by atoms with Gasteiger partial charge < -0.3 is 10.4 Å². The first kappa shape index (κ1) is 15.4. The summed E-state index contributed by atoms with van der Waals surface area (Å²) in [4.78, 5) is 4.50. The molecule has 1 heterocycles. The summed E-state index contributed by atoms with van der Waals surface area (Å²) in [5.41, 5.74) is 1.89. The van der Waals surface area contributed by atoms with Crippen LogP contribution < -0.4 is 5.32 Å². The molecule has 1 aromatic carbocycles. The number of nitrogens with one attached hydrogen (secondary N) is 1. The van der Waals surface area contributed by atoms with Crippen LogP contribution in [0, 0.1) is 0 Å². The Balaban J connectivity index is 1.90. The number of aryl methyl sites for hydroxylation is 1. The highest BCUT2D eigenvalue weighted by Gasteiger charge is 2.16. The minimum absolute atomic E-state index is 0.0528. The highest BCUT2D eigenvalue weighted by atomic mass is 35.5. The van der Waals surface area contributed by atoms with Crippen molar-refractivity contribution in [3.8, 4) is 0 Å². The van der Waals surface area contributed by atoms with Crippen LogP contribution in [0.4, 0.5) is 0 Å². The van der Waals surface area contributed by atoms with E-state index in [1.54, 1.807) is 23.5 Å². The number of rotatable bonds is 6. The van der Waals surface area contributed by atoms with Crippen LogP contribution in [-0.4, -0.2) is 16.1 Å². The van der Waals surface area contributed by atoms with Crippen molar-refractivity contribution in [2.75, 3.05) is 0 Å². The van der Waals surface area contributed by atoms with Crippen LogP contribution in [-0.2, 0) is 13.0 Å². The molecule has 2 rings (SSSR count). The van der Waals surface area contributed by atoms with Gasteiger partial charge in [0.15, 0.2) is 0 Å². The molecule has 2 atom stereocenters. The first-order chi connectivity index (χ1) is 9.60. The summed E-state index contributed by atoms with van der Waals surface area (Å²) in [6.45, 7) is 4.73. The van der Waals surface area contributed by atoms with E-state index in [9.17, 15) is 5.11 Å². The quantitative estimate of drug-likeness (QED) is 0.857. The second-order valence-electron chi connectivity index (χ2n) is 4.75. The van der Waals surface area contributed by atoms with Crippen molar-refractivity contribution in [1.82, 2.24) is 10.3 Å². The minimum Gasteiger partial charge on any atom is -0.387 e. The molecule has 0 fully saturated rings. The highest BCUT2D eigenvalue weighted by Crippen LogP contribution is 2.19. The van der Waals surface area contributed by atoms with Gasteiger partial charge in [0.25, 0.3) is 0 Å². The lowest BCUT2D eigenvalue weighted by Gasteiger charge is -2.20. The number of aliphatic hydroxyl groups is 1. The van der Waals surface area contributed by atoms with Crippen LogP contribution in [0.1, 0.15) is 36.2 Å². The predicted octanol–water partition coefficient (Wildman–Crippen LogP) is 3.57. The Morgan fingerprint density at radius 1 is 1.35 bits per heavy atom. The number of benzene rings is 1. The summed E-state index contributed by atoms with van der Waals surface area (Å²) in [7, 11) is 0. The molecule has 2 unspecified atom stereocenters. The molecule has 5 heteroatoms. The topological polar surface area (TPSA) is 45.2 Å². The zero-order valence-corrected chi connectivity index (χ0v) is 13.2. The first-order valence-corrected chi connectivity index (χ1v) is 7.96. The number of nitrogens with zero attached hydrogens (tertiary/aromatic N) is 1. The molecule has 1 aromatic heterocycles. The third-order valence-corrected chi connectivity index (χ3v) is 4.49. The van der Waals surface area contributed by atoms with Gasteiger partial charge in [-0.2, -0.15) is 0 Å². The van der Waals surface area contributed by atoms with Crippen LogP contribution in [0.5, 0.6) is 0 Å². The van der Waals surface area contributed by atoms with Crippen molar-refractivity contribution < 1.29 is 5.11 Å². The molecule has 3 nitrogen and oxygen atoms in total. The fourth-order valence-electron chi connectivity index (χ4n) is 1.92. The van der Waals surface area contributed by atoms with Crippen LogP contribution in [0.3, 0.4) is 0 Å². The normalized spacial score (nSPS) is 14.2. The first-order valence-electron chi connectivity index (χ1n) is 6.70. The lowest BCUT2D eigenvalue weighted by molar-refractivity contribution is 0.135. The Hall–Kier alpha value is -0.940. The van der Waals surface area contributed by atoms with E-state index in [4.69, 9.17) is 11.6 Å². The number of hydrogen-bond donors (Lipinski definition) is 2. The molecule has 0 aliphatic carbocycles. The maximum absolute atomic E-state index is 10.3. The molecule has 0 spiro atoms. The highest BCUT2D eigenvalue weighted by molar-refractivity contribution is 7.09. The molecule has 0 saturated heterocycles. The average molecular weight is 311 g/mol. The van der Waals surface area contributed by atoms with E-state index in [1.165, 1.54) is 0 Å². The van der Waals surface area contributed by atoms with Gasteiger partial charge in [0.1, 0.15) is 0 Å². The molecule has 0 amide bonds. The predicted molar refractivity (Wildman–Crippen MR) is 84.2 cm³/mol. The summed E-state index contributed by atoms with van der Waals surface area (Å²) in [5.74, 6) is 0. The number of halogens is 1. The van der Waals surface area contributed by atoms with E-state index in [-0.39, 0.29) is 6.04 Å². The SMILES string of the molecule is CCc1nc(CNC(C)C(O)c2ccc(Cl)cc2)cs1. The van der Waals surface area contributed by atoms with E-state index < -0.39 is 6.10 Å². The van der Waals surface area contributed by atoms with E-state index >= 15 is 0 Å². The largest absolute Gasteiger partial charge is 0.387 e. The van der Waals surface area contributed by atoms with Gasteiger partial charge in [-0.15, -0.1) is 11.3 Å². The van der Waals surface area contributed by atoms with Gasteiger partial charge in [0, 0.05) is 23.0 Å². The summed E-state index contributed by atoms with van der Waals surface area (Å²) in [6.07, 6.45) is 0.407. The molecular weight excluding hydrogens is 292 g/mol. The van der Waals surface area contributed by atoms with Crippen LogP contribution in [0.2, 0.25) is 5.02 Å². The van der Waals surface area contributed by atoms with Crippen molar-refractivity contribution in [3.05, 3.63) is 50.9 Å². The van der Waals surface area contributed by atoms with Gasteiger partial charge in [-0.25, -0.2) is 4.98 Å². The molecule has 2 aromatic rings. The Morgan fingerprint density at radius 2 is 2.05 bits per heavy atom. The van der Waals surface area contributed by atoms with Crippen LogP contribution >= 0.6 is 22.9 Å². The molecular formula is C15H19ClN2OS. The van der Waals surface area contributed by atoms with E-state index in [1.807, 2.05) is 19.1 Å². The monoisotopic (exact) mass is 310 g/mol. The van der Waals surface area contributed by atoms with E-state index in [0.717, 1.165) is 22.7 Å². The van der Waals surface area contributed by atoms with Gasteiger partial charge >= 0.3 is 0 Å². The molecule has 0 bridgehead atoms. The number of aromatic nitrogens is 1. The lowest BCUT2D eigenvalue weighted by Crippen LogP contribution is -2.31. The van der Waals surface area contributed by atoms with Crippen molar-refractivity contribution in [3.63, 3.8) is 0 Å². The van der Waals surface area contributed by atoms with E-state index in [2.05, 4.69) is 22.6 Å². The van der Waals surface area contributed by atoms with Gasteiger partial charge in [-0.05, 0) is 31.0 Å². The van der Waals surface area contributed by atoms with Gasteiger partial charge in [0.2, 0.25) is 0 Å². The summed E-state index contributed by atoms with van der Waals surface area (Å²) in [5, 5.41) is 17.5. The maximum atomic E-state index is 10.3. The van der Waals surface area contributed by atoms with E-state index in [0.29, 0.717) is 11.6 Å². The lowest BCUT2D eigenvalue weighted by atomic mass is 10.0. The molecule has 0 saturated carbocycles. The Labute approximate surface area is 128 Å². The average Bonchev–Trinajstić information content (AvgIpc) is 2.93. The molecule has 0 radical (unpaired) electrons. The molecule has 20 heavy (non-hydrogen) atoms. The fraction of sp³-hybridized carbons (Fsp3) is 0.400. The Bertz CT molecular complexity index is 541. The Morgan fingerprint density at radius 3 is 2.65 bits per heavy atom. The van der Waals surface area contributed by atoms with Crippen LogP contribution in [0.25, 0.3) is 0 Å². The van der Waals surface area contributed by atoms with Gasteiger partial charge in [-0.3, -0.25) is 0 Å². The Kier molecular flexibility index (Phi) is 5.54. The number of aliphatic hydroxyl groups excluding tert-OH is 1. The summed E-state index contributed by atoms with van der Waals surface area (Å²) < 4.78 is 0. The maximum Gasteiger partial charge on any atom is 0.0940 e. The van der Waals surface area contributed by atoms with Crippen molar-refractivity contribution in [2.24, 2.45) is 0 Å². The summed E-state index contributed by atoms with van der Waals surface area (Å²) >= 11 is 7.53. The number of thiazole rings is 1. The van der Waals surface area contributed by atoms with Crippen molar-refractivity contribution in [2.45, 2.75) is 39.0 Å². The molecule has 2 N–H and O–H groups in total. The zero-order valence-electron chi connectivity index (χ0n) is 11.6. The van der Waals surface area contributed by atoms with Gasteiger partial charge in [-0.1, -0.05) is 30.7 Å². The van der Waals surface area contributed by atoms with Gasteiger partial charge in [0.05, 0.1) is 16.8 Å². The summed E-state index contributed by atoms with van der Waals surface area (Å²) in [6, 6.07) is 7.23. The van der Waals surface area contributed by atoms with Crippen molar-refractivity contribution >= 4 is 22.9 Å². The van der Waals surface area contributed by atoms with Crippen molar-refractivity contribution in [1.29, 1.82) is 0 Å². The third kappa shape index (κ3) is 4.03. The zero-order chi connectivity index (χ0) is 14.5.